The van der Waals surface area contributed by atoms with Crippen LogP contribution in [0.5, 0.6) is 0 Å². The third-order valence-corrected chi connectivity index (χ3v) is 3.50. The van der Waals surface area contributed by atoms with Crippen LogP contribution in [0.2, 0.25) is 0 Å². The molecule has 1 saturated heterocycles. The van der Waals surface area contributed by atoms with Gasteiger partial charge in [-0.15, -0.1) is 5.10 Å². The predicted molar refractivity (Wildman–Crippen MR) is 82.1 cm³/mol. The second-order valence-corrected chi connectivity index (χ2v) is 6.76. The van der Waals surface area contributed by atoms with E-state index in [1.165, 1.54) is 6.20 Å². The standard InChI is InChI=1S/C14H24N4O7/c1-14(2,3)25-13(23)15-4-7-5-18(17-16-7)12-11(22)10(21)9(20)8(6-19)24-12/h5,8-12,19-22H,4,6H2,1-3H3,(H,15,23)/t8-,9-,10+,11-,12-/m1/s1. The van der Waals surface area contributed by atoms with Crippen molar-refractivity contribution in [2.75, 3.05) is 6.61 Å². The molecule has 1 aromatic heterocycles. The molecule has 0 aromatic carbocycles. The topological polar surface area (TPSA) is 159 Å². The molecule has 0 spiro atoms. The molecule has 1 fully saturated rings. The molecule has 0 bridgehead atoms. The summed E-state index contributed by atoms with van der Waals surface area (Å²) in [4.78, 5) is 11.6. The van der Waals surface area contributed by atoms with Crippen LogP contribution < -0.4 is 5.32 Å². The zero-order chi connectivity index (χ0) is 18.8. The highest BCUT2D eigenvalue weighted by atomic mass is 16.6. The molecule has 2 rings (SSSR count). The Balaban J connectivity index is 1.99. The first-order valence-electron chi connectivity index (χ1n) is 7.80. The first-order valence-corrected chi connectivity index (χ1v) is 7.80. The number of rotatable bonds is 4. The summed E-state index contributed by atoms with van der Waals surface area (Å²) in [5.41, 5.74) is -0.263. The van der Waals surface area contributed by atoms with Crippen LogP contribution >= 0.6 is 0 Å². The molecule has 0 saturated carbocycles. The molecule has 5 N–H and O–H groups in total. The summed E-state index contributed by atoms with van der Waals surface area (Å²) in [6.45, 7) is 4.71. The summed E-state index contributed by atoms with van der Waals surface area (Å²) in [6, 6.07) is 0. The van der Waals surface area contributed by atoms with Gasteiger partial charge in [-0.2, -0.15) is 0 Å². The van der Waals surface area contributed by atoms with Gasteiger partial charge in [-0.05, 0) is 20.8 Å². The molecule has 5 atom stereocenters. The number of carbonyl (C=O) groups excluding carboxylic acids is 1. The van der Waals surface area contributed by atoms with E-state index in [0.29, 0.717) is 5.69 Å². The van der Waals surface area contributed by atoms with Crippen LogP contribution in [0.1, 0.15) is 32.7 Å². The molecule has 11 heteroatoms. The van der Waals surface area contributed by atoms with Crippen LogP contribution in [0.25, 0.3) is 0 Å². The monoisotopic (exact) mass is 360 g/mol. The molecule has 1 aliphatic heterocycles. The summed E-state index contributed by atoms with van der Waals surface area (Å²) in [7, 11) is 0. The highest BCUT2D eigenvalue weighted by molar-refractivity contribution is 5.67. The maximum absolute atomic E-state index is 11.6. The van der Waals surface area contributed by atoms with Gasteiger partial charge in [-0.3, -0.25) is 0 Å². The summed E-state index contributed by atoms with van der Waals surface area (Å²) >= 11 is 0. The van der Waals surface area contributed by atoms with Gasteiger partial charge >= 0.3 is 6.09 Å². The summed E-state index contributed by atoms with van der Waals surface area (Å²) in [5, 5.41) is 48.9. The maximum Gasteiger partial charge on any atom is 0.407 e. The first kappa shape index (κ1) is 19.5. The molecule has 25 heavy (non-hydrogen) atoms. The van der Waals surface area contributed by atoms with Crippen molar-refractivity contribution in [3.63, 3.8) is 0 Å². The van der Waals surface area contributed by atoms with Crippen molar-refractivity contribution in [3.05, 3.63) is 11.9 Å². The van der Waals surface area contributed by atoms with E-state index < -0.39 is 48.9 Å². The highest BCUT2D eigenvalue weighted by Gasteiger charge is 2.44. The fourth-order valence-corrected chi connectivity index (χ4v) is 2.30. The number of aliphatic hydroxyl groups is 4. The summed E-state index contributed by atoms with van der Waals surface area (Å²) in [6.07, 6.45) is -5.82. The number of alkyl carbamates (subject to hydrolysis) is 1. The van der Waals surface area contributed by atoms with Crippen molar-refractivity contribution in [2.45, 2.75) is 63.6 Å². The molecule has 0 aliphatic carbocycles. The molecule has 11 nitrogen and oxygen atoms in total. The van der Waals surface area contributed by atoms with E-state index in [0.717, 1.165) is 4.68 Å². The number of amides is 1. The SMILES string of the molecule is CC(C)(C)OC(=O)NCc1cn([C@@H]2O[C@H](CO)[C@@H](O)[C@H](O)[C@H]2O)nn1. The van der Waals surface area contributed by atoms with Gasteiger partial charge in [0.15, 0.2) is 6.23 Å². The van der Waals surface area contributed by atoms with Crippen LogP contribution in [0.15, 0.2) is 6.20 Å². The van der Waals surface area contributed by atoms with E-state index in [2.05, 4.69) is 15.6 Å². The highest BCUT2D eigenvalue weighted by Crippen LogP contribution is 2.27. The van der Waals surface area contributed by atoms with Gasteiger partial charge in [0, 0.05) is 0 Å². The quantitative estimate of drug-likeness (QED) is 0.421. The largest absolute Gasteiger partial charge is 0.444 e. The second kappa shape index (κ2) is 7.62. The van der Waals surface area contributed by atoms with Crippen molar-refractivity contribution in [1.29, 1.82) is 0 Å². The third-order valence-electron chi connectivity index (χ3n) is 3.50. The van der Waals surface area contributed by atoms with Crippen molar-refractivity contribution < 1.29 is 34.7 Å². The lowest BCUT2D eigenvalue weighted by molar-refractivity contribution is -0.254. The molecule has 1 aliphatic rings. The van der Waals surface area contributed by atoms with Crippen LogP contribution in [0.3, 0.4) is 0 Å². The van der Waals surface area contributed by atoms with Crippen LogP contribution in [0.4, 0.5) is 4.79 Å². The number of hydrogen-bond acceptors (Lipinski definition) is 9. The van der Waals surface area contributed by atoms with Gasteiger partial charge < -0.3 is 35.2 Å². The van der Waals surface area contributed by atoms with E-state index in [4.69, 9.17) is 9.47 Å². The Morgan fingerprint density at radius 3 is 2.60 bits per heavy atom. The first-order chi connectivity index (χ1) is 11.6. The van der Waals surface area contributed by atoms with Gasteiger partial charge in [-0.1, -0.05) is 5.21 Å². The van der Waals surface area contributed by atoms with Crippen molar-refractivity contribution >= 4 is 6.09 Å². The average molecular weight is 360 g/mol. The second-order valence-electron chi connectivity index (χ2n) is 6.76. The van der Waals surface area contributed by atoms with Gasteiger partial charge in [0.1, 0.15) is 35.7 Å². The Labute approximate surface area is 144 Å². The van der Waals surface area contributed by atoms with Gasteiger partial charge in [0.2, 0.25) is 0 Å². The minimum atomic E-state index is -1.51. The molecule has 142 valence electrons. The Morgan fingerprint density at radius 1 is 1.32 bits per heavy atom. The predicted octanol–water partition coefficient (Wildman–Crippen LogP) is -1.72. The molecule has 1 aromatic rings. The normalized spacial score (nSPS) is 30.1. The number of nitrogens with one attached hydrogen (secondary N) is 1. The minimum Gasteiger partial charge on any atom is -0.444 e. The van der Waals surface area contributed by atoms with E-state index in [-0.39, 0.29) is 6.54 Å². The van der Waals surface area contributed by atoms with Gasteiger partial charge in [-0.25, -0.2) is 9.48 Å². The number of aromatic nitrogens is 3. The molecular formula is C14H24N4O7. The van der Waals surface area contributed by atoms with Crippen molar-refractivity contribution in [3.8, 4) is 0 Å². The summed E-state index contributed by atoms with van der Waals surface area (Å²) in [5.74, 6) is 0. The molecular weight excluding hydrogens is 336 g/mol. The smallest absolute Gasteiger partial charge is 0.407 e. The van der Waals surface area contributed by atoms with Gasteiger partial charge in [0.25, 0.3) is 0 Å². The van der Waals surface area contributed by atoms with Gasteiger partial charge in [0.05, 0.1) is 19.3 Å². The molecule has 0 radical (unpaired) electrons. The van der Waals surface area contributed by atoms with Crippen molar-refractivity contribution in [1.82, 2.24) is 20.3 Å². The number of aliphatic hydroxyl groups excluding tert-OH is 4. The van der Waals surface area contributed by atoms with Crippen LogP contribution in [-0.2, 0) is 16.0 Å². The Bertz CT molecular complexity index is 586. The summed E-state index contributed by atoms with van der Waals surface area (Å²) < 4.78 is 11.6. The number of carbonyl (C=O) groups is 1. The lowest BCUT2D eigenvalue weighted by atomic mass is 9.98. The van der Waals surface area contributed by atoms with E-state index in [9.17, 15) is 25.2 Å². The van der Waals surface area contributed by atoms with E-state index >= 15 is 0 Å². The molecule has 0 unspecified atom stereocenters. The Morgan fingerprint density at radius 2 is 2.00 bits per heavy atom. The number of hydrogen-bond donors (Lipinski definition) is 5. The maximum atomic E-state index is 11.6. The Hall–Kier alpha value is -1.79. The van der Waals surface area contributed by atoms with Crippen LogP contribution in [0, 0.1) is 0 Å². The molecule has 1 amide bonds. The lowest BCUT2D eigenvalue weighted by Gasteiger charge is -2.39. The molecule has 2 heterocycles. The van der Waals surface area contributed by atoms with E-state index in [1.54, 1.807) is 20.8 Å². The van der Waals surface area contributed by atoms with Crippen LogP contribution in [-0.4, -0.2) is 78.1 Å². The van der Waals surface area contributed by atoms with E-state index in [1.807, 2.05) is 0 Å². The zero-order valence-corrected chi connectivity index (χ0v) is 14.2. The van der Waals surface area contributed by atoms with Crippen molar-refractivity contribution in [2.24, 2.45) is 0 Å². The minimum absolute atomic E-state index is 0.0341. The number of nitrogens with zero attached hydrogens (tertiary/aromatic N) is 3. The zero-order valence-electron chi connectivity index (χ0n) is 14.2. The fraction of sp³-hybridized carbons (Fsp3) is 0.786. The lowest BCUT2D eigenvalue weighted by Crippen LogP contribution is -2.56. The third kappa shape index (κ3) is 4.86. The average Bonchev–Trinajstić information content (AvgIpc) is 2.98. The Kier molecular flexibility index (Phi) is 5.95. The fourth-order valence-electron chi connectivity index (χ4n) is 2.30. The number of ether oxygens (including phenoxy) is 2.